The molecule has 0 aromatic carbocycles. The van der Waals surface area contributed by atoms with E-state index in [9.17, 15) is 60.3 Å². The van der Waals surface area contributed by atoms with Gasteiger partial charge < -0.3 is 37.9 Å². The summed E-state index contributed by atoms with van der Waals surface area (Å²) in [7, 11) is 0. The first kappa shape index (κ1) is 77.1. The van der Waals surface area contributed by atoms with Gasteiger partial charge in [0.15, 0.2) is 3.74 Å². The molecular weight excluding hydrogens is 1160 g/mol. The van der Waals surface area contributed by atoms with E-state index in [0.717, 1.165) is 25.7 Å². The van der Waals surface area contributed by atoms with E-state index in [1.807, 2.05) is 20.8 Å². The molecule has 0 N–H and O–H groups in total. The molecule has 3 fully saturated rings. The van der Waals surface area contributed by atoms with Gasteiger partial charge >= 0.3 is 60.4 Å². The fourth-order valence-electron chi connectivity index (χ4n) is 4.93. The Bertz CT molecular complexity index is 1300. The van der Waals surface area contributed by atoms with E-state index in [2.05, 4.69) is 55.5 Å². The van der Waals surface area contributed by atoms with Crippen LogP contribution < -0.4 is 0 Å². The lowest BCUT2D eigenvalue weighted by atomic mass is 9.87. The van der Waals surface area contributed by atoms with Gasteiger partial charge in [-0.3, -0.25) is 19.2 Å². The highest BCUT2D eigenvalue weighted by molar-refractivity contribution is 9.25. The molecule has 0 spiro atoms. The first-order valence-corrected chi connectivity index (χ1v) is 26.2. The van der Waals surface area contributed by atoms with E-state index in [1.165, 1.54) is 58.8 Å². The molecule has 16 nitrogen and oxygen atoms in total. The van der Waals surface area contributed by atoms with Crippen molar-refractivity contribution < 1.29 is 98.2 Å². The van der Waals surface area contributed by atoms with Crippen molar-refractivity contribution in [2.75, 3.05) is 52.9 Å². The SMILES string of the molecule is CCOC(=O)C(Br)Br.CCOC(=O)C(C)Cl.CCOC(=O)C(Cl)Cl.CCOC(=O)C(F)(F)F.CCOC(=O)C(F)F.CCOC(=O)C1CC1.CCOC(=O)C1CCCC1.CCOC(=O)CC1CCCCC1. The van der Waals surface area contributed by atoms with Crippen molar-refractivity contribution in [1.29, 1.82) is 0 Å². The number of carbonyl (C=O) groups is 8. The lowest BCUT2D eigenvalue weighted by Crippen LogP contribution is -2.25. The summed E-state index contributed by atoms with van der Waals surface area (Å²) in [6, 6.07) is 0. The van der Waals surface area contributed by atoms with Crippen molar-refractivity contribution in [3.05, 3.63) is 0 Å². The van der Waals surface area contributed by atoms with Gasteiger partial charge in [0.25, 0.3) is 0 Å². The summed E-state index contributed by atoms with van der Waals surface area (Å²) >= 11 is 21.5. The van der Waals surface area contributed by atoms with Gasteiger partial charge in [-0.2, -0.15) is 22.0 Å². The van der Waals surface area contributed by atoms with E-state index in [-0.39, 0.29) is 58.6 Å². The van der Waals surface area contributed by atoms with Crippen LogP contribution in [-0.2, 0) is 76.3 Å². The highest BCUT2D eigenvalue weighted by Gasteiger charge is 2.40. The van der Waals surface area contributed by atoms with Crippen LogP contribution in [0.15, 0.2) is 0 Å². The van der Waals surface area contributed by atoms with Crippen molar-refractivity contribution >= 4 is 114 Å². The number of rotatable bonds is 16. The molecule has 71 heavy (non-hydrogen) atoms. The van der Waals surface area contributed by atoms with Gasteiger partial charge in [0, 0.05) is 6.42 Å². The van der Waals surface area contributed by atoms with Gasteiger partial charge in [-0.1, -0.05) is 87.2 Å². The van der Waals surface area contributed by atoms with Gasteiger partial charge in [-0.05, 0) is 107 Å². The van der Waals surface area contributed by atoms with Crippen LogP contribution in [0.3, 0.4) is 0 Å². The van der Waals surface area contributed by atoms with Crippen LogP contribution in [0.2, 0.25) is 0 Å². The van der Waals surface area contributed by atoms with Crippen molar-refractivity contribution in [2.24, 2.45) is 17.8 Å². The second kappa shape index (κ2) is 50.8. The minimum atomic E-state index is -4.85. The lowest BCUT2D eigenvalue weighted by Gasteiger charge is -2.20. The second-order valence-electron chi connectivity index (χ2n) is 14.0. The fraction of sp³-hybridized carbons (Fsp3) is 0.822. The summed E-state index contributed by atoms with van der Waals surface area (Å²) in [5.41, 5.74) is 0. The van der Waals surface area contributed by atoms with Crippen molar-refractivity contribution in [1.82, 2.24) is 0 Å². The smallest absolute Gasteiger partial charge is 0.466 e. The summed E-state index contributed by atoms with van der Waals surface area (Å²) in [6.07, 6.45) is 5.74. The molecule has 0 aliphatic heterocycles. The first-order chi connectivity index (χ1) is 33.2. The predicted molar refractivity (Wildman–Crippen MR) is 263 cm³/mol. The van der Waals surface area contributed by atoms with Crippen LogP contribution in [0.4, 0.5) is 22.0 Å². The number of alkyl halides is 10. The van der Waals surface area contributed by atoms with E-state index >= 15 is 0 Å². The maximum atomic E-state index is 11.2. The minimum Gasteiger partial charge on any atom is -0.466 e. The zero-order chi connectivity index (χ0) is 56.0. The third-order valence-corrected chi connectivity index (χ3v) is 9.45. The number of esters is 8. The summed E-state index contributed by atoms with van der Waals surface area (Å²) in [6.45, 7) is 17.6. The molecule has 0 bridgehead atoms. The Kier molecular flexibility index (Phi) is 55.2. The average molecular weight is 1230 g/mol. The normalized spacial score (nSPS) is 14.1. The van der Waals surface area contributed by atoms with Gasteiger partial charge in [-0.25, -0.2) is 19.2 Å². The zero-order valence-electron chi connectivity index (χ0n) is 42.0. The first-order valence-electron chi connectivity index (χ1n) is 23.1. The summed E-state index contributed by atoms with van der Waals surface area (Å²) in [5.74, 6) is -3.72. The van der Waals surface area contributed by atoms with E-state index < -0.39 is 40.7 Å². The minimum absolute atomic E-state index is 0.00315. The van der Waals surface area contributed by atoms with Crippen molar-refractivity contribution in [3.8, 4) is 0 Å². The predicted octanol–water partition coefficient (Wildman–Crippen LogP) is 11.3. The average Bonchev–Trinajstić information content (AvgIpc) is 4.01. The van der Waals surface area contributed by atoms with Crippen LogP contribution in [0, 0.1) is 17.8 Å². The molecule has 3 aliphatic rings. The molecule has 0 aromatic heterocycles. The third-order valence-electron chi connectivity index (χ3n) is 8.17. The Morgan fingerprint density at radius 3 is 1.10 bits per heavy atom. The molecule has 1 unspecified atom stereocenters. The zero-order valence-corrected chi connectivity index (χ0v) is 47.4. The van der Waals surface area contributed by atoms with Gasteiger partial charge in [0.1, 0.15) is 5.38 Å². The summed E-state index contributed by atoms with van der Waals surface area (Å²) in [5, 5.41) is -0.519. The summed E-state index contributed by atoms with van der Waals surface area (Å²) in [4.78, 5) is 82.2. The molecule has 1 atom stereocenters. The van der Waals surface area contributed by atoms with E-state index in [0.29, 0.717) is 52.0 Å². The van der Waals surface area contributed by atoms with Gasteiger partial charge in [0.2, 0.25) is 4.84 Å². The van der Waals surface area contributed by atoms with Crippen molar-refractivity contribution in [2.45, 2.75) is 166 Å². The monoisotopic (exact) mass is 1230 g/mol. The van der Waals surface area contributed by atoms with Crippen LogP contribution in [0.5, 0.6) is 0 Å². The molecule has 0 heterocycles. The highest BCUT2D eigenvalue weighted by atomic mass is 79.9. The number of halogens is 10. The van der Waals surface area contributed by atoms with Crippen LogP contribution >= 0.6 is 66.7 Å². The topological polar surface area (TPSA) is 210 Å². The van der Waals surface area contributed by atoms with E-state index in [1.54, 1.807) is 27.7 Å². The maximum Gasteiger partial charge on any atom is 0.490 e. The molecule has 26 heteroatoms. The standard InChI is InChI=1S/C10H18O2.C8H14O2.C6H10O2.C5H9ClO2.C4H6Br2O2.C4H6Cl2O2.C4H5F3O2.C4H6F2O2/c1-2-12-10(11)8-9-6-4-3-5-7-9;1-2-10-8(9)7-5-3-4-6-7;1-2-8-6(7)5-3-4-5;1-3-8-5(7)4(2)6;2*1-2-8-4(7)3(5)6;1-2-9-3(8)4(5,6)7;1-2-8-4(7)3(5)6/h9H,2-8H2,1H3;7H,2-6H2,1H3;5H,2-4H2,1H3;4H,3H2,1-2H3;2*3H,2H2,1H3;2H2,1H3;3H,2H2,1H3. The number of hydrogen-bond acceptors (Lipinski definition) is 16. The quantitative estimate of drug-likeness (QED) is 0.0609. The molecule has 0 aromatic rings. The van der Waals surface area contributed by atoms with Gasteiger partial charge in [-0.15, -0.1) is 11.6 Å². The number of hydrogen-bond donors (Lipinski definition) is 0. The molecule has 0 radical (unpaired) electrons. The summed E-state index contributed by atoms with van der Waals surface area (Å²) < 4.78 is 91.0. The Labute approximate surface area is 446 Å². The maximum absolute atomic E-state index is 11.2. The Balaban J connectivity index is -0.000000235. The van der Waals surface area contributed by atoms with Crippen LogP contribution in [-0.4, -0.2) is 127 Å². The Morgan fingerprint density at radius 1 is 0.493 bits per heavy atom. The largest absolute Gasteiger partial charge is 0.490 e. The molecule has 3 saturated carbocycles. The number of carbonyl (C=O) groups excluding carboxylic acids is 8. The second-order valence-corrected chi connectivity index (χ2v) is 18.8. The van der Waals surface area contributed by atoms with Gasteiger partial charge in [0.05, 0.1) is 64.7 Å². The molecule has 0 amide bonds. The Morgan fingerprint density at radius 2 is 0.845 bits per heavy atom. The molecule has 420 valence electrons. The molecule has 0 saturated heterocycles. The highest BCUT2D eigenvalue weighted by Crippen LogP contribution is 2.30. The molecule has 3 aliphatic carbocycles. The molecular formula is C45H74Br2Cl3F5O16. The molecule has 3 rings (SSSR count). The third kappa shape index (κ3) is 53.4. The fourth-order valence-corrected chi connectivity index (χ4v) is 5.39. The van der Waals surface area contributed by atoms with Crippen LogP contribution in [0.1, 0.15) is 139 Å². The van der Waals surface area contributed by atoms with Crippen LogP contribution in [0.25, 0.3) is 0 Å². The van der Waals surface area contributed by atoms with E-state index in [4.69, 9.17) is 49.0 Å². The Hall–Kier alpha value is -2.76. The van der Waals surface area contributed by atoms with Crippen molar-refractivity contribution in [3.63, 3.8) is 0 Å². The number of ether oxygens (including phenoxy) is 8. The lowest BCUT2D eigenvalue weighted by molar-refractivity contribution is -0.199.